The summed E-state index contributed by atoms with van der Waals surface area (Å²) < 4.78 is 0. The molecule has 1 unspecified atom stereocenters. The minimum absolute atomic E-state index is 0.0144. The SMILES string of the molecule is CCNC(=O)CN(CC)C(=O)N(CC)C(C)CC(=O)O. The summed E-state index contributed by atoms with van der Waals surface area (Å²) >= 11 is 0. The van der Waals surface area contributed by atoms with Gasteiger partial charge in [0.05, 0.1) is 6.42 Å². The number of hydrogen-bond acceptors (Lipinski definition) is 3. The number of aliphatic carboxylic acids is 1. The van der Waals surface area contributed by atoms with Crippen molar-refractivity contribution >= 4 is 17.9 Å². The molecular weight excluding hydrogens is 262 g/mol. The Morgan fingerprint density at radius 2 is 1.75 bits per heavy atom. The molecule has 0 aliphatic heterocycles. The first-order valence-corrected chi connectivity index (χ1v) is 6.91. The molecular formula is C13H25N3O4. The van der Waals surface area contributed by atoms with E-state index in [1.165, 1.54) is 9.80 Å². The third-order valence-corrected chi connectivity index (χ3v) is 2.95. The third-order valence-electron chi connectivity index (χ3n) is 2.95. The molecule has 0 fully saturated rings. The van der Waals surface area contributed by atoms with Gasteiger partial charge in [0.15, 0.2) is 0 Å². The van der Waals surface area contributed by atoms with E-state index in [4.69, 9.17) is 5.11 Å². The average Bonchev–Trinajstić information content (AvgIpc) is 2.35. The fraction of sp³-hybridized carbons (Fsp3) is 0.769. The Hall–Kier alpha value is -1.79. The Morgan fingerprint density at radius 1 is 1.15 bits per heavy atom. The Labute approximate surface area is 119 Å². The van der Waals surface area contributed by atoms with Crippen molar-refractivity contribution in [3.05, 3.63) is 0 Å². The Kier molecular flexibility index (Phi) is 8.35. The van der Waals surface area contributed by atoms with Gasteiger partial charge in [0.2, 0.25) is 5.91 Å². The van der Waals surface area contributed by atoms with Crippen molar-refractivity contribution in [2.45, 2.75) is 40.2 Å². The number of hydrogen-bond donors (Lipinski definition) is 2. The van der Waals surface area contributed by atoms with Crippen LogP contribution in [0.25, 0.3) is 0 Å². The minimum atomic E-state index is -0.949. The number of amides is 3. The number of urea groups is 1. The smallest absolute Gasteiger partial charge is 0.320 e. The summed E-state index contributed by atoms with van der Waals surface area (Å²) in [6, 6.07) is -0.719. The van der Waals surface area contributed by atoms with Gasteiger partial charge in [0.25, 0.3) is 0 Å². The number of carboxylic acids is 1. The maximum absolute atomic E-state index is 12.3. The molecule has 0 aromatic heterocycles. The standard InChI is InChI=1S/C13H25N3O4/c1-5-14-11(17)9-15(6-2)13(20)16(7-3)10(4)8-12(18)19/h10H,5-9H2,1-4H3,(H,14,17)(H,18,19). The lowest BCUT2D eigenvalue weighted by molar-refractivity contribution is -0.138. The molecule has 0 heterocycles. The van der Waals surface area contributed by atoms with Crippen molar-refractivity contribution in [2.24, 2.45) is 0 Å². The number of carboxylic acid groups (broad SMARTS) is 1. The van der Waals surface area contributed by atoms with E-state index in [0.717, 1.165) is 0 Å². The number of carbonyl (C=O) groups is 3. The molecule has 1 atom stereocenters. The van der Waals surface area contributed by atoms with Crippen LogP contribution in [0.4, 0.5) is 4.79 Å². The summed E-state index contributed by atoms with van der Waals surface area (Å²) in [6.07, 6.45) is -0.113. The summed E-state index contributed by atoms with van der Waals surface area (Å²) in [5.74, 6) is -1.17. The molecule has 0 bridgehead atoms. The van der Waals surface area contributed by atoms with Gasteiger partial charge >= 0.3 is 12.0 Å². The van der Waals surface area contributed by atoms with E-state index in [9.17, 15) is 14.4 Å². The van der Waals surface area contributed by atoms with Crippen molar-refractivity contribution < 1.29 is 19.5 Å². The highest BCUT2D eigenvalue weighted by Crippen LogP contribution is 2.08. The van der Waals surface area contributed by atoms with Crippen LogP contribution in [0.2, 0.25) is 0 Å². The fourth-order valence-corrected chi connectivity index (χ4v) is 1.92. The predicted molar refractivity (Wildman–Crippen MR) is 75.4 cm³/mol. The number of likely N-dealkylation sites (N-methyl/N-ethyl adjacent to an activating group) is 2. The van der Waals surface area contributed by atoms with Crippen LogP contribution in [0.15, 0.2) is 0 Å². The molecule has 0 rings (SSSR count). The molecule has 0 aromatic carbocycles. The van der Waals surface area contributed by atoms with Gasteiger partial charge in [-0.1, -0.05) is 0 Å². The molecule has 0 spiro atoms. The lowest BCUT2D eigenvalue weighted by atomic mass is 10.2. The highest BCUT2D eigenvalue weighted by molar-refractivity contribution is 5.84. The van der Waals surface area contributed by atoms with Crippen LogP contribution in [-0.4, -0.2) is 65.0 Å². The lowest BCUT2D eigenvalue weighted by Gasteiger charge is -2.32. The Morgan fingerprint density at radius 3 is 2.15 bits per heavy atom. The monoisotopic (exact) mass is 287 g/mol. The molecule has 0 aliphatic rings. The predicted octanol–water partition coefficient (Wildman–Crippen LogP) is 0.750. The molecule has 116 valence electrons. The van der Waals surface area contributed by atoms with Crippen molar-refractivity contribution in [3.63, 3.8) is 0 Å². The van der Waals surface area contributed by atoms with Crippen LogP contribution in [0.1, 0.15) is 34.1 Å². The second-order valence-corrected chi connectivity index (χ2v) is 4.48. The van der Waals surface area contributed by atoms with Crippen LogP contribution in [0.5, 0.6) is 0 Å². The maximum atomic E-state index is 12.3. The van der Waals surface area contributed by atoms with E-state index >= 15 is 0 Å². The Bertz CT molecular complexity index is 347. The molecule has 0 saturated carbocycles. The summed E-state index contributed by atoms with van der Waals surface area (Å²) in [7, 11) is 0. The number of rotatable bonds is 8. The molecule has 0 saturated heterocycles. The van der Waals surface area contributed by atoms with Crippen LogP contribution < -0.4 is 5.32 Å². The molecule has 0 aliphatic carbocycles. The molecule has 0 aromatic rings. The van der Waals surface area contributed by atoms with Crippen LogP contribution in [-0.2, 0) is 9.59 Å². The molecule has 0 radical (unpaired) electrons. The van der Waals surface area contributed by atoms with Crippen LogP contribution in [0.3, 0.4) is 0 Å². The second kappa shape index (κ2) is 9.17. The van der Waals surface area contributed by atoms with Gasteiger partial charge in [-0.25, -0.2) is 4.79 Å². The number of nitrogens with one attached hydrogen (secondary N) is 1. The number of carbonyl (C=O) groups excluding carboxylic acids is 2. The quantitative estimate of drug-likeness (QED) is 0.689. The summed E-state index contributed by atoms with van der Waals surface area (Å²) in [5.41, 5.74) is 0. The van der Waals surface area contributed by atoms with Crippen molar-refractivity contribution in [3.8, 4) is 0 Å². The van der Waals surface area contributed by atoms with Crippen molar-refractivity contribution in [1.29, 1.82) is 0 Å². The van der Waals surface area contributed by atoms with Gasteiger partial charge in [-0.2, -0.15) is 0 Å². The first kappa shape index (κ1) is 18.2. The van der Waals surface area contributed by atoms with Gasteiger partial charge in [-0.3, -0.25) is 9.59 Å². The maximum Gasteiger partial charge on any atom is 0.320 e. The van der Waals surface area contributed by atoms with E-state index in [2.05, 4.69) is 5.32 Å². The third kappa shape index (κ3) is 5.90. The zero-order chi connectivity index (χ0) is 15.7. The minimum Gasteiger partial charge on any atom is -0.481 e. The van der Waals surface area contributed by atoms with Crippen molar-refractivity contribution in [2.75, 3.05) is 26.2 Å². The fourth-order valence-electron chi connectivity index (χ4n) is 1.92. The van der Waals surface area contributed by atoms with Gasteiger partial charge in [-0.05, 0) is 27.7 Å². The first-order valence-electron chi connectivity index (χ1n) is 6.91. The topological polar surface area (TPSA) is 90.0 Å². The second-order valence-electron chi connectivity index (χ2n) is 4.48. The molecule has 2 N–H and O–H groups in total. The summed E-state index contributed by atoms with van der Waals surface area (Å²) in [4.78, 5) is 37.5. The molecule has 7 nitrogen and oxygen atoms in total. The summed E-state index contributed by atoms with van der Waals surface area (Å²) in [5, 5.41) is 11.4. The molecule has 7 heteroatoms. The normalized spacial score (nSPS) is 11.6. The number of nitrogens with zero attached hydrogens (tertiary/aromatic N) is 2. The van der Waals surface area contributed by atoms with Gasteiger partial charge in [0.1, 0.15) is 6.54 Å². The highest BCUT2D eigenvalue weighted by Gasteiger charge is 2.25. The Balaban J connectivity index is 4.76. The van der Waals surface area contributed by atoms with E-state index in [1.807, 2.05) is 6.92 Å². The van der Waals surface area contributed by atoms with E-state index in [-0.39, 0.29) is 24.9 Å². The van der Waals surface area contributed by atoms with Crippen molar-refractivity contribution in [1.82, 2.24) is 15.1 Å². The van der Waals surface area contributed by atoms with Crippen LogP contribution in [0, 0.1) is 0 Å². The van der Waals surface area contributed by atoms with Crippen LogP contribution >= 0.6 is 0 Å². The average molecular weight is 287 g/mol. The van der Waals surface area contributed by atoms with Gasteiger partial charge in [0, 0.05) is 25.7 Å². The largest absolute Gasteiger partial charge is 0.481 e. The zero-order valence-corrected chi connectivity index (χ0v) is 12.7. The molecule has 20 heavy (non-hydrogen) atoms. The van der Waals surface area contributed by atoms with E-state index in [0.29, 0.717) is 19.6 Å². The summed E-state index contributed by atoms with van der Waals surface area (Å²) in [6.45, 7) is 8.37. The molecule has 3 amide bonds. The van der Waals surface area contributed by atoms with Gasteiger partial charge < -0.3 is 20.2 Å². The lowest BCUT2D eigenvalue weighted by Crippen LogP contribution is -2.50. The first-order chi connectivity index (χ1) is 9.37. The van der Waals surface area contributed by atoms with E-state index in [1.54, 1.807) is 20.8 Å². The van der Waals surface area contributed by atoms with Gasteiger partial charge in [-0.15, -0.1) is 0 Å². The zero-order valence-electron chi connectivity index (χ0n) is 12.7. The van der Waals surface area contributed by atoms with E-state index < -0.39 is 12.0 Å². The highest BCUT2D eigenvalue weighted by atomic mass is 16.4.